The molecule has 1 aromatic rings. The van der Waals surface area contributed by atoms with Gasteiger partial charge < -0.3 is 9.47 Å². The fourth-order valence-corrected chi connectivity index (χ4v) is 4.11. The van der Waals surface area contributed by atoms with Gasteiger partial charge in [-0.1, -0.05) is 18.2 Å². The lowest BCUT2D eigenvalue weighted by molar-refractivity contribution is -0.156. The summed E-state index contributed by atoms with van der Waals surface area (Å²) in [6.07, 6.45) is 6.18. The van der Waals surface area contributed by atoms with Crippen molar-refractivity contribution < 1.29 is 14.3 Å². The average Bonchev–Trinajstić information content (AvgIpc) is 2.52. The van der Waals surface area contributed by atoms with Crippen LogP contribution >= 0.6 is 0 Å². The Hall–Kier alpha value is -1.35. The zero-order valence-electron chi connectivity index (χ0n) is 12.3. The number of carbonyl (C=O) groups is 1. The fraction of sp³-hybridized carbons (Fsp3) is 0.611. The van der Waals surface area contributed by atoms with Gasteiger partial charge in [0, 0.05) is 24.0 Å². The van der Waals surface area contributed by atoms with Gasteiger partial charge in [0.1, 0.15) is 11.5 Å². The number of hydrogen-bond acceptors (Lipinski definition) is 3. The number of Topliss-reactive ketones (excluding diaryl/α,β-unsaturated/α-hetero) is 1. The van der Waals surface area contributed by atoms with Crippen molar-refractivity contribution in [2.24, 2.45) is 5.92 Å². The first-order valence-corrected chi connectivity index (χ1v) is 8.17. The Balaban J connectivity index is 1.55. The maximum absolute atomic E-state index is 13.0. The van der Waals surface area contributed by atoms with Crippen LogP contribution in [0, 0.1) is 5.92 Å². The lowest BCUT2D eigenvalue weighted by Gasteiger charge is -2.47. The zero-order chi connectivity index (χ0) is 14.3. The third-order valence-corrected chi connectivity index (χ3v) is 5.46. The van der Waals surface area contributed by atoms with Crippen LogP contribution < -0.4 is 4.74 Å². The summed E-state index contributed by atoms with van der Waals surface area (Å²) in [5.41, 5.74) is 1.13. The maximum atomic E-state index is 13.0. The van der Waals surface area contributed by atoms with Crippen LogP contribution in [0.15, 0.2) is 24.3 Å². The van der Waals surface area contributed by atoms with Gasteiger partial charge in [0.2, 0.25) is 0 Å². The number of carbonyl (C=O) groups excluding carboxylic acids is 1. The van der Waals surface area contributed by atoms with Crippen LogP contribution in [-0.4, -0.2) is 24.6 Å². The first-order valence-electron chi connectivity index (χ1n) is 8.17. The minimum absolute atomic E-state index is 0.0233. The molecule has 112 valence electrons. The highest BCUT2D eigenvalue weighted by molar-refractivity contribution is 5.89. The van der Waals surface area contributed by atoms with Gasteiger partial charge in [0.25, 0.3) is 0 Å². The van der Waals surface area contributed by atoms with E-state index in [9.17, 15) is 4.79 Å². The fourth-order valence-electron chi connectivity index (χ4n) is 4.11. The number of fused-ring (bicyclic) bond motifs is 1. The molecule has 3 aliphatic rings. The molecule has 2 atom stereocenters. The van der Waals surface area contributed by atoms with E-state index in [-0.39, 0.29) is 17.4 Å². The minimum Gasteiger partial charge on any atom is -0.493 e. The summed E-state index contributed by atoms with van der Waals surface area (Å²) in [7, 11) is 0. The van der Waals surface area contributed by atoms with Crippen LogP contribution in [0.5, 0.6) is 5.75 Å². The molecule has 1 spiro atoms. The quantitative estimate of drug-likeness (QED) is 0.835. The average molecular weight is 286 g/mol. The summed E-state index contributed by atoms with van der Waals surface area (Å²) < 4.78 is 11.6. The minimum atomic E-state index is 0.0233. The van der Waals surface area contributed by atoms with Gasteiger partial charge in [-0.3, -0.25) is 4.79 Å². The van der Waals surface area contributed by atoms with E-state index in [2.05, 4.69) is 6.07 Å². The summed E-state index contributed by atoms with van der Waals surface area (Å²) in [6, 6.07) is 8.01. The molecule has 4 rings (SSSR count). The highest BCUT2D eigenvalue weighted by Gasteiger charge is 2.45. The molecule has 1 saturated heterocycles. The van der Waals surface area contributed by atoms with Crippen LogP contribution in [-0.2, 0) is 9.53 Å². The largest absolute Gasteiger partial charge is 0.493 e. The summed E-state index contributed by atoms with van der Waals surface area (Å²) in [5, 5.41) is 0. The van der Waals surface area contributed by atoms with Gasteiger partial charge in [0.15, 0.2) is 0 Å². The molecule has 2 fully saturated rings. The van der Waals surface area contributed by atoms with Crippen LogP contribution in [0.1, 0.15) is 50.0 Å². The molecule has 0 bridgehead atoms. The van der Waals surface area contributed by atoms with Crippen LogP contribution in [0.2, 0.25) is 0 Å². The molecule has 21 heavy (non-hydrogen) atoms. The molecule has 3 heteroatoms. The Morgan fingerprint density at radius 2 is 2.00 bits per heavy atom. The van der Waals surface area contributed by atoms with Crippen molar-refractivity contribution in [1.29, 1.82) is 0 Å². The highest BCUT2D eigenvalue weighted by atomic mass is 16.5. The standard InChI is InChI=1S/C18H22O3/c19-17(13-6-11-21-18(12-13)8-3-9-18)15-7-10-20-16-5-2-1-4-14(15)16/h1-2,4-5,13,15H,3,6-12H2. The second kappa shape index (κ2) is 5.13. The van der Waals surface area contributed by atoms with Gasteiger partial charge in [-0.25, -0.2) is 0 Å². The summed E-state index contributed by atoms with van der Waals surface area (Å²) in [5.74, 6) is 1.51. The molecule has 2 heterocycles. The molecule has 0 aromatic heterocycles. The third kappa shape index (κ3) is 2.28. The third-order valence-electron chi connectivity index (χ3n) is 5.46. The zero-order valence-corrected chi connectivity index (χ0v) is 12.3. The first-order chi connectivity index (χ1) is 10.3. The molecular formula is C18H22O3. The van der Waals surface area contributed by atoms with Gasteiger partial charge >= 0.3 is 0 Å². The Bertz CT molecular complexity index is 547. The van der Waals surface area contributed by atoms with Crippen molar-refractivity contribution in [2.75, 3.05) is 13.2 Å². The molecule has 0 N–H and O–H groups in total. The summed E-state index contributed by atoms with van der Waals surface area (Å²) >= 11 is 0. The number of ketones is 1. The van der Waals surface area contributed by atoms with E-state index in [1.807, 2.05) is 18.2 Å². The number of ether oxygens (including phenoxy) is 2. The number of hydrogen-bond donors (Lipinski definition) is 0. The van der Waals surface area contributed by atoms with Gasteiger partial charge in [-0.2, -0.15) is 0 Å². The summed E-state index contributed by atoms with van der Waals surface area (Å²) in [4.78, 5) is 13.0. The SMILES string of the molecule is O=C(C1CCOC2(CCC2)C1)C1CCOc2ccccc21. The predicted molar refractivity (Wildman–Crippen MR) is 79.6 cm³/mol. The number of rotatable bonds is 2. The van der Waals surface area contributed by atoms with Crippen molar-refractivity contribution in [3.05, 3.63) is 29.8 Å². The molecule has 1 aromatic carbocycles. The molecule has 0 amide bonds. The smallest absolute Gasteiger partial charge is 0.143 e. The van der Waals surface area contributed by atoms with Crippen molar-refractivity contribution >= 4 is 5.78 Å². The Morgan fingerprint density at radius 3 is 2.81 bits per heavy atom. The molecule has 1 saturated carbocycles. The Labute approximate surface area is 125 Å². The van der Waals surface area contributed by atoms with Gasteiger partial charge in [0.05, 0.1) is 12.2 Å². The number of para-hydroxylation sites is 1. The van der Waals surface area contributed by atoms with E-state index in [1.165, 1.54) is 6.42 Å². The molecule has 3 nitrogen and oxygen atoms in total. The topological polar surface area (TPSA) is 35.5 Å². The molecule has 2 aliphatic heterocycles. The monoisotopic (exact) mass is 286 g/mol. The van der Waals surface area contributed by atoms with Gasteiger partial charge in [-0.15, -0.1) is 0 Å². The van der Waals surface area contributed by atoms with Gasteiger partial charge in [-0.05, 0) is 44.6 Å². The van der Waals surface area contributed by atoms with Crippen LogP contribution in [0.3, 0.4) is 0 Å². The Morgan fingerprint density at radius 1 is 1.14 bits per heavy atom. The molecule has 2 unspecified atom stereocenters. The second-order valence-electron chi connectivity index (χ2n) is 6.70. The normalized spacial score (nSPS) is 30.1. The van der Waals surface area contributed by atoms with E-state index in [0.717, 1.165) is 50.0 Å². The van der Waals surface area contributed by atoms with Crippen LogP contribution in [0.25, 0.3) is 0 Å². The van der Waals surface area contributed by atoms with E-state index < -0.39 is 0 Å². The molecule has 0 radical (unpaired) electrons. The number of benzene rings is 1. The van der Waals surface area contributed by atoms with Crippen molar-refractivity contribution in [2.45, 2.75) is 50.0 Å². The van der Waals surface area contributed by atoms with E-state index in [4.69, 9.17) is 9.47 Å². The van der Waals surface area contributed by atoms with Crippen molar-refractivity contribution in [1.82, 2.24) is 0 Å². The van der Waals surface area contributed by atoms with Crippen LogP contribution in [0.4, 0.5) is 0 Å². The van der Waals surface area contributed by atoms with Crippen molar-refractivity contribution in [3.8, 4) is 5.75 Å². The Kier molecular flexibility index (Phi) is 3.26. The second-order valence-corrected chi connectivity index (χ2v) is 6.70. The van der Waals surface area contributed by atoms with E-state index in [1.54, 1.807) is 0 Å². The lowest BCUT2D eigenvalue weighted by atomic mass is 9.69. The van der Waals surface area contributed by atoms with E-state index >= 15 is 0 Å². The van der Waals surface area contributed by atoms with Crippen molar-refractivity contribution in [3.63, 3.8) is 0 Å². The maximum Gasteiger partial charge on any atom is 0.143 e. The van der Waals surface area contributed by atoms with E-state index in [0.29, 0.717) is 12.4 Å². The summed E-state index contributed by atoms with van der Waals surface area (Å²) in [6.45, 7) is 1.41. The lowest BCUT2D eigenvalue weighted by Crippen LogP contribution is -2.47. The highest BCUT2D eigenvalue weighted by Crippen LogP contribution is 2.46. The molecular weight excluding hydrogens is 264 g/mol. The predicted octanol–water partition coefficient (Wildman–Crippen LogP) is 3.47. The first kappa shape index (κ1) is 13.3. The molecule has 1 aliphatic carbocycles.